The minimum absolute atomic E-state index is 0.184. The third kappa shape index (κ3) is 4.11. The van der Waals surface area contributed by atoms with E-state index >= 15 is 0 Å². The normalized spacial score (nSPS) is 12.1. The lowest BCUT2D eigenvalue weighted by Crippen LogP contribution is -2.21. The first-order chi connectivity index (χ1) is 7.63. The van der Waals surface area contributed by atoms with Crippen LogP contribution in [0.4, 0.5) is 0 Å². The van der Waals surface area contributed by atoms with Crippen molar-refractivity contribution in [3.63, 3.8) is 0 Å². The molecule has 0 spiro atoms. The molecule has 0 radical (unpaired) electrons. The summed E-state index contributed by atoms with van der Waals surface area (Å²) >= 11 is 5.79. The Morgan fingerprint density at radius 1 is 1.56 bits per heavy atom. The SMILES string of the molecule is CCCC(COc1cccc(Cl)c1)C(=O)O. The summed E-state index contributed by atoms with van der Waals surface area (Å²) in [6.07, 6.45) is 1.45. The Balaban J connectivity index is 2.51. The lowest BCUT2D eigenvalue weighted by Gasteiger charge is -2.12. The summed E-state index contributed by atoms with van der Waals surface area (Å²) in [5.74, 6) is -0.664. The summed E-state index contributed by atoms with van der Waals surface area (Å²) in [6.45, 7) is 2.14. The number of aliphatic carboxylic acids is 1. The predicted molar refractivity (Wildman–Crippen MR) is 63.0 cm³/mol. The van der Waals surface area contributed by atoms with E-state index in [1.807, 2.05) is 6.92 Å². The number of carbonyl (C=O) groups is 1. The highest BCUT2D eigenvalue weighted by atomic mass is 35.5. The first-order valence-electron chi connectivity index (χ1n) is 5.24. The molecule has 1 atom stereocenters. The van der Waals surface area contributed by atoms with E-state index < -0.39 is 11.9 Å². The van der Waals surface area contributed by atoms with Crippen molar-refractivity contribution >= 4 is 17.6 Å². The molecule has 0 aliphatic rings. The third-order valence-electron chi connectivity index (χ3n) is 2.23. The molecule has 0 fully saturated rings. The minimum Gasteiger partial charge on any atom is -0.493 e. The average Bonchev–Trinajstić information content (AvgIpc) is 2.24. The molecule has 4 heteroatoms. The number of rotatable bonds is 6. The van der Waals surface area contributed by atoms with Gasteiger partial charge < -0.3 is 9.84 Å². The first-order valence-corrected chi connectivity index (χ1v) is 5.62. The number of carboxylic acid groups (broad SMARTS) is 1. The fraction of sp³-hybridized carbons (Fsp3) is 0.417. The summed E-state index contributed by atoms with van der Waals surface area (Å²) in [6, 6.07) is 6.95. The predicted octanol–water partition coefficient (Wildman–Crippen LogP) is 3.22. The molecule has 0 aromatic heterocycles. The third-order valence-corrected chi connectivity index (χ3v) is 2.47. The number of ether oxygens (including phenoxy) is 1. The highest BCUT2D eigenvalue weighted by molar-refractivity contribution is 6.30. The number of halogens is 1. The molecular weight excluding hydrogens is 228 g/mol. The largest absolute Gasteiger partial charge is 0.493 e. The van der Waals surface area contributed by atoms with E-state index in [0.717, 1.165) is 6.42 Å². The van der Waals surface area contributed by atoms with E-state index in [9.17, 15) is 4.79 Å². The van der Waals surface area contributed by atoms with Crippen molar-refractivity contribution in [3.05, 3.63) is 29.3 Å². The molecule has 0 saturated carbocycles. The van der Waals surface area contributed by atoms with Gasteiger partial charge in [-0.3, -0.25) is 4.79 Å². The standard InChI is InChI=1S/C12H15ClO3/c1-2-4-9(12(14)15)8-16-11-6-3-5-10(13)7-11/h3,5-7,9H,2,4,8H2,1H3,(H,14,15). The zero-order chi connectivity index (χ0) is 12.0. The first kappa shape index (κ1) is 12.8. The van der Waals surface area contributed by atoms with Gasteiger partial charge in [-0.05, 0) is 24.6 Å². The molecule has 3 nitrogen and oxygen atoms in total. The zero-order valence-corrected chi connectivity index (χ0v) is 9.91. The maximum Gasteiger partial charge on any atom is 0.309 e. The van der Waals surface area contributed by atoms with Crippen molar-refractivity contribution in [2.75, 3.05) is 6.61 Å². The average molecular weight is 243 g/mol. The van der Waals surface area contributed by atoms with E-state index in [1.165, 1.54) is 0 Å². The van der Waals surface area contributed by atoms with Crippen molar-refractivity contribution in [2.45, 2.75) is 19.8 Å². The summed E-state index contributed by atoms with van der Waals surface area (Å²) in [4.78, 5) is 10.9. The van der Waals surface area contributed by atoms with Gasteiger partial charge in [0, 0.05) is 5.02 Å². The van der Waals surface area contributed by atoms with Gasteiger partial charge in [-0.2, -0.15) is 0 Å². The van der Waals surface area contributed by atoms with Crippen LogP contribution in [0.1, 0.15) is 19.8 Å². The quantitative estimate of drug-likeness (QED) is 0.833. The molecule has 0 saturated heterocycles. The van der Waals surface area contributed by atoms with Crippen LogP contribution >= 0.6 is 11.6 Å². The summed E-state index contributed by atoms with van der Waals surface area (Å²) in [7, 11) is 0. The van der Waals surface area contributed by atoms with Crippen molar-refractivity contribution in [1.82, 2.24) is 0 Å². The molecule has 0 aliphatic carbocycles. The monoisotopic (exact) mass is 242 g/mol. The molecule has 1 unspecified atom stereocenters. The Hall–Kier alpha value is -1.22. The smallest absolute Gasteiger partial charge is 0.309 e. The van der Waals surface area contributed by atoms with E-state index in [1.54, 1.807) is 24.3 Å². The second kappa shape index (κ2) is 6.38. The van der Waals surface area contributed by atoms with Crippen LogP contribution in [0.15, 0.2) is 24.3 Å². The van der Waals surface area contributed by atoms with E-state index in [0.29, 0.717) is 17.2 Å². The van der Waals surface area contributed by atoms with E-state index in [-0.39, 0.29) is 6.61 Å². The van der Waals surface area contributed by atoms with Gasteiger partial charge in [-0.1, -0.05) is 31.0 Å². The summed E-state index contributed by atoms with van der Waals surface area (Å²) < 4.78 is 5.40. The van der Waals surface area contributed by atoms with Crippen LogP contribution in [-0.4, -0.2) is 17.7 Å². The van der Waals surface area contributed by atoms with Crippen LogP contribution in [0.2, 0.25) is 5.02 Å². The zero-order valence-electron chi connectivity index (χ0n) is 9.15. The second-order valence-electron chi connectivity index (χ2n) is 3.59. The van der Waals surface area contributed by atoms with Gasteiger partial charge in [0.15, 0.2) is 0 Å². The van der Waals surface area contributed by atoms with E-state index in [4.69, 9.17) is 21.4 Å². The van der Waals surface area contributed by atoms with Crippen molar-refractivity contribution in [2.24, 2.45) is 5.92 Å². The fourth-order valence-electron chi connectivity index (χ4n) is 1.38. The maximum atomic E-state index is 10.9. The van der Waals surface area contributed by atoms with Gasteiger partial charge in [0.25, 0.3) is 0 Å². The summed E-state index contributed by atoms with van der Waals surface area (Å²) in [5.41, 5.74) is 0. The molecule has 16 heavy (non-hydrogen) atoms. The van der Waals surface area contributed by atoms with Gasteiger partial charge in [-0.15, -0.1) is 0 Å². The number of benzene rings is 1. The van der Waals surface area contributed by atoms with Gasteiger partial charge in [0.2, 0.25) is 0 Å². The molecule has 88 valence electrons. The molecule has 0 aliphatic heterocycles. The number of hydrogen-bond donors (Lipinski definition) is 1. The second-order valence-corrected chi connectivity index (χ2v) is 4.03. The Morgan fingerprint density at radius 3 is 2.88 bits per heavy atom. The van der Waals surface area contributed by atoms with Gasteiger partial charge >= 0.3 is 5.97 Å². The Kier molecular flexibility index (Phi) is 5.12. The molecule has 1 aromatic carbocycles. The number of hydrogen-bond acceptors (Lipinski definition) is 2. The van der Waals surface area contributed by atoms with Crippen LogP contribution in [0, 0.1) is 5.92 Å². The topological polar surface area (TPSA) is 46.5 Å². The van der Waals surface area contributed by atoms with Crippen molar-refractivity contribution < 1.29 is 14.6 Å². The molecular formula is C12H15ClO3. The van der Waals surface area contributed by atoms with Crippen LogP contribution in [0.3, 0.4) is 0 Å². The molecule has 1 N–H and O–H groups in total. The molecule has 1 rings (SSSR count). The van der Waals surface area contributed by atoms with Crippen molar-refractivity contribution in [1.29, 1.82) is 0 Å². The Morgan fingerprint density at radius 2 is 2.31 bits per heavy atom. The molecule has 1 aromatic rings. The highest BCUT2D eigenvalue weighted by Gasteiger charge is 2.16. The Labute approximate surface area is 100.0 Å². The fourth-order valence-corrected chi connectivity index (χ4v) is 1.56. The van der Waals surface area contributed by atoms with Crippen LogP contribution < -0.4 is 4.74 Å². The van der Waals surface area contributed by atoms with Gasteiger partial charge in [-0.25, -0.2) is 0 Å². The van der Waals surface area contributed by atoms with Crippen LogP contribution in [-0.2, 0) is 4.79 Å². The van der Waals surface area contributed by atoms with Gasteiger partial charge in [0.05, 0.1) is 5.92 Å². The van der Waals surface area contributed by atoms with Crippen LogP contribution in [0.5, 0.6) is 5.75 Å². The molecule has 0 bridgehead atoms. The van der Waals surface area contributed by atoms with Gasteiger partial charge in [0.1, 0.15) is 12.4 Å². The number of carboxylic acids is 1. The lowest BCUT2D eigenvalue weighted by atomic mass is 10.1. The lowest BCUT2D eigenvalue weighted by molar-refractivity contribution is -0.143. The summed E-state index contributed by atoms with van der Waals surface area (Å²) in [5, 5.41) is 9.51. The molecule has 0 amide bonds. The Bertz CT molecular complexity index is 352. The van der Waals surface area contributed by atoms with Crippen molar-refractivity contribution in [3.8, 4) is 5.75 Å². The highest BCUT2D eigenvalue weighted by Crippen LogP contribution is 2.18. The van der Waals surface area contributed by atoms with Crippen LogP contribution in [0.25, 0.3) is 0 Å². The maximum absolute atomic E-state index is 10.9. The minimum atomic E-state index is -0.816. The van der Waals surface area contributed by atoms with E-state index in [2.05, 4.69) is 0 Å². The molecule has 0 heterocycles.